The molecule has 1 saturated heterocycles. The van der Waals surface area contributed by atoms with Crippen LogP contribution in [0.3, 0.4) is 0 Å². The summed E-state index contributed by atoms with van der Waals surface area (Å²) in [7, 11) is 0. The van der Waals surface area contributed by atoms with E-state index in [-0.39, 0.29) is 24.3 Å². The third-order valence-corrected chi connectivity index (χ3v) is 7.37. The summed E-state index contributed by atoms with van der Waals surface area (Å²) in [4.78, 5) is 37.7. The summed E-state index contributed by atoms with van der Waals surface area (Å²) in [5.41, 5.74) is 4.75. The molecule has 4 rings (SSSR count). The molecule has 1 unspecified atom stereocenters. The zero-order valence-electron chi connectivity index (χ0n) is 20.2. The van der Waals surface area contributed by atoms with Crippen molar-refractivity contribution in [3.05, 3.63) is 59.7 Å². The summed E-state index contributed by atoms with van der Waals surface area (Å²) in [6.45, 7) is 3.35. The first-order chi connectivity index (χ1) is 17.0. The number of carboxylic acids is 1. The van der Waals surface area contributed by atoms with Gasteiger partial charge in [-0.2, -0.15) is 0 Å². The minimum Gasteiger partial charge on any atom is -0.480 e. The van der Waals surface area contributed by atoms with Crippen LogP contribution in [0.2, 0.25) is 0 Å². The van der Waals surface area contributed by atoms with Gasteiger partial charge in [-0.15, -0.1) is 0 Å². The molecule has 186 valence electrons. The van der Waals surface area contributed by atoms with Crippen molar-refractivity contribution in [2.45, 2.75) is 57.4 Å². The molecule has 7 heteroatoms. The fraction of sp³-hybridized carbons (Fsp3) is 0.464. The topological polar surface area (TPSA) is 95.9 Å². The zero-order valence-corrected chi connectivity index (χ0v) is 20.2. The molecular weight excluding hydrogens is 444 g/mol. The number of carboxylic acid groups (broad SMARTS) is 1. The van der Waals surface area contributed by atoms with E-state index in [4.69, 9.17) is 4.74 Å². The number of alkyl carbamates (subject to hydrolysis) is 1. The monoisotopic (exact) mass is 478 g/mol. The predicted molar refractivity (Wildman–Crippen MR) is 133 cm³/mol. The molecule has 2 aromatic rings. The molecule has 1 aliphatic heterocycles. The van der Waals surface area contributed by atoms with Gasteiger partial charge in [-0.05, 0) is 53.9 Å². The van der Waals surface area contributed by atoms with Crippen molar-refractivity contribution in [3.63, 3.8) is 0 Å². The quantitative estimate of drug-likeness (QED) is 0.512. The molecule has 2 aliphatic rings. The molecule has 35 heavy (non-hydrogen) atoms. The van der Waals surface area contributed by atoms with Gasteiger partial charge in [-0.3, -0.25) is 4.79 Å². The molecule has 1 aliphatic carbocycles. The molecule has 1 heterocycles. The van der Waals surface area contributed by atoms with Gasteiger partial charge in [-0.1, -0.05) is 61.9 Å². The second-order valence-corrected chi connectivity index (χ2v) is 9.44. The van der Waals surface area contributed by atoms with E-state index in [0.717, 1.165) is 19.3 Å². The van der Waals surface area contributed by atoms with Crippen molar-refractivity contribution in [2.75, 3.05) is 19.7 Å². The lowest BCUT2D eigenvalue weighted by atomic mass is 9.96. The van der Waals surface area contributed by atoms with E-state index < -0.39 is 18.1 Å². The molecule has 1 fully saturated rings. The lowest BCUT2D eigenvalue weighted by molar-refractivity contribution is -0.148. The largest absolute Gasteiger partial charge is 0.480 e. The lowest BCUT2D eigenvalue weighted by Gasteiger charge is -2.23. The van der Waals surface area contributed by atoms with Crippen LogP contribution in [0.15, 0.2) is 48.5 Å². The number of rotatable bonds is 10. The van der Waals surface area contributed by atoms with Crippen LogP contribution in [0.25, 0.3) is 11.1 Å². The van der Waals surface area contributed by atoms with Gasteiger partial charge >= 0.3 is 12.1 Å². The van der Waals surface area contributed by atoms with Gasteiger partial charge in [0.15, 0.2) is 0 Å². The van der Waals surface area contributed by atoms with Gasteiger partial charge in [0.25, 0.3) is 0 Å². The standard InChI is InChI=1S/C28H34N2O5/c1-2-19(13-14-26(31)30-17-7-12-25(30)27(32)33)15-16-29-28(34)35-18-24-22-10-5-3-8-20(22)21-9-4-6-11-23(21)24/h3-6,8-11,19,24-25H,2,7,12-18H2,1H3,(H,29,34)(H,32,33)/t19?,25-/m0/s1. The van der Waals surface area contributed by atoms with E-state index >= 15 is 0 Å². The molecule has 2 atom stereocenters. The smallest absolute Gasteiger partial charge is 0.407 e. The maximum absolute atomic E-state index is 12.5. The Hall–Kier alpha value is -3.35. The van der Waals surface area contributed by atoms with Gasteiger partial charge < -0.3 is 20.1 Å². The Labute approximate surface area is 206 Å². The van der Waals surface area contributed by atoms with Crippen LogP contribution in [0.5, 0.6) is 0 Å². The molecule has 0 radical (unpaired) electrons. The van der Waals surface area contributed by atoms with Gasteiger partial charge in [0.05, 0.1) is 0 Å². The molecule has 2 aromatic carbocycles. The molecule has 0 bridgehead atoms. The summed E-state index contributed by atoms with van der Waals surface area (Å²) in [5.74, 6) is -0.700. The van der Waals surface area contributed by atoms with Crippen LogP contribution < -0.4 is 5.32 Å². The van der Waals surface area contributed by atoms with Crippen molar-refractivity contribution in [2.24, 2.45) is 5.92 Å². The van der Waals surface area contributed by atoms with E-state index in [2.05, 4.69) is 36.5 Å². The van der Waals surface area contributed by atoms with Crippen molar-refractivity contribution >= 4 is 18.0 Å². The van der Waals surface area contributed by atoms with Crippen molar-refractivity contribution in [3.8, 4) is 11.1 Å². The highest BCUT2D eigenvalue weighted by atomic mass is 16.5. The average Bonchev–Trinajstić information content (AvgIpc) is 3.48. The number of amides is 2. The Morgan fingerprint density at radius 2 is 1.71 bits per heavy atom. The first kappa shape index (κ1) is 24.8. The maximum atomic E-state index is 12.5. The van der Waals surface area contributed by atoms with Crippen molar-refractivity contribution in [1.29, 1.82) is 0 Å². The highest BCUT2D eigenvalue weighted by Crippen LogP contribution is 2.44. The van der Waals surface area contributed by atoms with Gasteiger partial charge in [0, 0.05) is 25.4 Å². The summed E-state index contributed by atoms with van der Waals surface area (Å²) in [6, 6.07) is 15.8. The molecule has 0 spiro atoms. The number of nitrogens with zero attached hydrogens (tertiary/aromatic N) is 1. The Kier molecular flexibility index (Phi) is 8.06. The Balaban J connectivity index is 1.21. The number of carbonyl (C=O) groups excluding carboxylic acids is 2. The fourth-order valence-corrected chi connectivity index (χ4v) is 5.37. The average molecular weight is 479 g/mol. The van der Waals surface area contributed by atoms with E-state index in [0.29, 0.717) is 32.4 Å². The molecule has 0 aromatic heterocycles. The Morgan fingerprint density at radius 1 is 1.06 bits per heavy atom. The van der Waals surface area contributed by atoms with Crippen LogP contribution in [0.1, 0.15) is 62.5 Å². The normalized spacial score (nSPS) is 17.5. The van der Waals surface area contributed by atoms with Gasteiger partial charge in [-0.25, -0.2) is 9.59 Å². The number of hydrogen-bond donors (Lipinski definition) is 2. The summed E-state index contributed by atoms with van der Waals surface area (Å²) in [6.07, 6.45) is 3.50. The van der Waals surface area contributed by atoms with Crippen LogP contribution in [-0.4, -0.2) is 53.7 Å². The van der Waals surface area contributed by atoms with Crippen LogP contribution in [0, 0.1) is 5.92 Å². The number of aliphatic carboxylic acids is 1. The minimum atomic E-state index is -0.921. The molecular formula is C28H34N2O5. The number of likely N-dealkylation sites (tertiary alicyclic amines) is 1. The van der Waals surface area contributed by atoms with E-state index in [1.165, 1.54) is 27.2 Å². The SMILES string of the molecule is CCC(CCNC(=O)OCC1c2ccccc2-c2ccccc21)CCC(=O)N1CCC[C@H]1C(=O)O. The van der Waals surface area contributed by atoms with Crippen LogP contribution in [0.4, 0.5) is 4.79 Å². The fourth-order valence-electron chi connectivity index (χ4n) is 5.37. The third kappa shape index (κ3) is 5.66. The minimum absolute atomic E-state index is 0.0303. The van der Waals surface area contributed by atoms with Crippen LogP contribution >= 0.6 is 0 Å². The van der Waals surface area contributed by atoms with Gasteiger partial charge in [0.1, 0.15) is 12.6 Å². The first-order valence-corrected chi connectivity index (χ1v) is 12.6. The predicted octanol–water partition coefficient (Wildman–Crippen LogP) is 4.80. The first-order valence-electron chi connectivity index (χ1n) is 12.6. The van der Waals surface area contributed by atoms with E-state index in [1.54, 1.807) is 0 Å². The van der Waals surface area contributed by atoms with Crippen molar-refractivity contribution in [1.82, 2.24) is 10.2 Å². The lowest BCUT2D eigenvalue weighted by Crippen LogP contribution is -2.40. The Morgan fingerprint density at radius 3 is 2.34 bits per heavy atom. The summed E-state index contributed by atoms with van der Waals surface area (Å²) >= 11 is 0. The Bertz CT molecular complexity index is 1020. The van der Waals surface area contributed by atoms with Crippen LogP contribution in [-0.2, 0) is 14.3 Å². The van der Waals surface area contributed by atoms with E-state index in [9.17, 15) is 19.5 Å². The number of benzene rings is 2. The number of ether oxygens (including phenoxy) is 1. The number of hydrogen-bond acceptors (Lipinski definition) is 4. The van der Waals surface area contributed by atoms with E-state index in [1.807, 2.05) is 24.3 Å². The van der Waals surface area contributed by atoms with Gasteiger partial charge in [0.2, 0.25) is 5.91 Å². The third-order valence-electron chi connectivity index (χ3n) is 7.37. The zero-order chi connectivity index (χ0) is 24.8. The number of carbonyl (C=O) groups is 3. The van der Waals surface area contributed by atoms with Crippen molar-refractivity contribution < 1.29 is 24.2 Å². The molecule has 2 amide bonds. The molecule has 2 N–H and O–H groups in total. The second kappa shape index (κ2) is 11.4. The summed E-state index contributed by atoms with van der Waals surface area (Å²) in [5, 5.41) is 12.1. The highest BCUT2D eigenvalue weighted by Gasteiger charge is 2.33. The second-order valence-electron chi connectivity index (χ2n) is 9.44. The molecule has 7 nitrogen and oxygen atoms in total. The number of fused-ring (bicyclic) bond motifs is 3. The molecule has 0 saturated carbocycles. The highest BCUT2D eigenvalue weighted by molar-refractivity contribution is 5.84. The maximum Gasteiger partial charge on any atom is 0.407 e. The number of nitrogens with one attached hydrogen (secondary N) is 1. The summed E-state index contributed by atoms with van der Waals surface area (Å²) < 4.78 is 5.59.